The average Bonchev–Trinajstić information content (AvgIpc) is 2.85. The van der Waals surface area contributed by atoms with Crippen molar-refractivity contribution in [3.63, 3.8) is 0 Å². The molecule has 0 saturated carbocycles. The van der Waals surface area contributed by atoms with E-state index in [0.29, 0.717) is 44.0 Å². The first-order chi connectivity index (χ1) is 18.4. The first-order valence-electron chi connectivity index (χ1n) is 11.9. The summed E-state index contributed by atoms with van der Waals surface area (Å²) < 4.78 is 60.1. The third kappa shape index (κ3) is 8.84. The van der Waals surface area contributed by atoms with E-state index in [0.717, 1.165) is 5.56 Å². The monoisotopic (exact) mass is 588 g/mol. The molecular weight excluding hydrogens is 557 g/mol. The number of aryl methyl sites for hydroxylation is 2. The summed E-state index contributed by atoms with van der Waals surface area (Å²) in [5, 5.41) is 16.9. The van der Waals surface area contributed by atoms with Gasteiger partial charge in [-0.25, -0.2) is 18.0 Å². The van der Waals surface area contributed by atoms with Gasteiger partial charge in [-0.1, -0.05) is 12.1 Å². The molecule has 11 nitrogen and oxygen atoms in total. The first kappa shape index (κ1) is 32.4. The van der Waals surface area contributed by atoms with Gasteiger partial charge in [-0.3, -0.25) is 14.4 Å². The van der Waals surface area contributed by atoms with Crippen molar-refractivity contribution in [3.8, 4) is 0 Å². The van der Waals surface area contributed by atoms with E-state index in [2.05, 4.69) is 9.62 Å². The van der Waals surface area contributed by atoms with Crippen LogP contribution in [0.15, 0.2) is 41.3 Å². The number of carbonyl (C=O) groups is 3. The third-order valence-electron chi connectivity index (χ3n) is 5.95. The average molecular weight is 589 g/mol. The molecule has 3 N–H and O–H groups in total. The molecule has 220 valence electrons. The summed E-state index contributed by atoms with van der Waals surface area (Å²) in [5.41, 5.74) is 1.96. The van der Waals surface area contributed by atoms with Gasteiger partial charge in [0.05, 0.1) is 22.7 Å². The molecule has 1 fully saturated rings. The van der Waals surface area contributed by atoms with Gasteiger partial charge in [0.1, 0.15) is 0 Å². The Morgan fingerprint density at radius 2 is 1.55 bits per heavy atom. The third-order valence-corrected chi connectivity index (χ3v) is 7.46. The molecule has 1 amide bonds. The Hall–Kier alpha value is -3.85. The Labute approximate surface area is 229 Å². The highest BCUT2D eigenvalue weighted by molar-refractivity contribution is 7.92. The van der Waals surface area contributed by atoms with Crippen molar-refractivity contribution in [2.45, 2.75) is 24.9 Å². The van der Waals surface area contributed by atoms with Crippen LogP contribution in [0, 0.1) is 13.8 Å². The number of carboxylic acid groups (broad SMARTS) is 2. The zero-order valence-electron chi connectivity index (χ0n) is 22.3. The standard InChI is InChI=1S/C23H30N4O5S.C2HF3O2/c1-16-5-6-17(2)21(13-16)33(31,32)24-20-8-7-18(14-19(20)23(29)30)27-11-9-26(10-12-27)15-22(28)25(3)4;3-2(4,5)1(6)7/h5-8,13-14,24H,9-12,15H2,1-4H3,(H,29,30);(H,6,7). The van der Waals surface area contributed by atoms with Crippen LogP contribution in [0.1, 0.15) is 21.5 Å². The number of aromatic carboxylic acids is 1. The number of hydrogen-bond donors (Lipinski definition) is 3. The Morgan fingerprint density at radius 3 is 2.05 bits per heavy atom. The maximum Gasteiger partial charge on any atom is 0.490 e. The minimum atomic E-state index is -5.08. The molecule has 0 aromatic heterocycles. The number of piperazine rings is 1. The number of likely N-dealkylation sites (N-methyl/N-ethyl adjacent to an activating group) is 1. The molecule has 0 spiro atoms. The predicted molar refractivity (Wildman–Crippen MR) is 141 cm³/mol. The summed E-state index contributed by atoms with van der Waals surface area (Å²) in [6.45, 7) is 6.44. The number of carboxylic acids is 2. The van der Waals surface area contributed by atoms with Crippen molar-refractivity contribution < 1.29 is 46.2 Å². The van der Waals surface area contributed by atoms with Gasteiger partial charge in [0.2, 0.25) is 5.91 Å². The fraction of sp³-hybridized carbons (Fsp3) is 0.400. The molecule has 1 saturated heterocycles. The minimum Gasteiger partial charge on any atom is -0.478 e. The Balaban J connectivity index is 0.000000708. The van der Waals surface area contributed by atoms with Gasteiger partial charge in [0.15, 0.2) is 0 Å². The summed E-state index contributed by atoms with van der Waals surface area (Å²) in [6.07, 6.45) is -5.08. The highest BCUT2D eigenvalue weighted by Gasteiger charge is 2.38. The molecule has 0 atom stereocenters. The summed E-state index contributed by atoms with van der Waals surface area (Å²) in [6, 6.07) is 9.80. The number of halogens is 3. The molecule has 0 unspecified atom stereocenters. The van der Waals surface area contributed by atoms with E-state index in [4.69, 9.17) is 9.90 Å². The number of anilines is 2. The van der Waals surface area contributed by atoms with Crippen molar-refractivity contribution in [2.24, 2.45) is 0 Å². The molecule has 0 aliphatic carbocycles. The number of rotatable bonds is 7. The number of carbonyl (C=O) groups excluding carboxylic acids is 1. The van der Waals surface area contributed by atoms with E-state index in [-0.39, 0.29) is 22.1 Å². The SMILES string of the molecule is Cc1ccc(C)c(S(=O)(=O)Nc2ccc(N3CCN(CC(=O)N(C)C)CC3)cc2C(=O)O)c1.O=C(O)C(F)(F)F. The van der Waals surface area contributed by atoms with Crippen LogP contribution in [-0.2, 0) is 19.6 Å². The fourth-order valence-corrected chi connectivity index (χ4v) is 5.10. The molecule has 1 aliphatic heterocycles. The number of benzene rings is 2. The number of sulfonamides is 1. The van der Waals surface area contributed by atoms with Gasteiger partial charge in [0.25, 0.3) is 10.0 Å². The van der Waals surface area contributed by atoms with Gasteiger partial charge in [0, 0.05) is 46.0 Å². The number of aliphatic carboxylic acids is 1. The highest BCUT2D eigenvalue weighted by Crippen LogP contribution is 2.28. The summed E-state index contributed by atoms with van der Waals surface area (Å²) in [7, 11) is -0.507. The van der Waals surface area contributed by atoms with E-state index in [1.165, 1.54) is 12.1 Å². The number of hydrogen-bond acceptors (Lipinski definition) is 7. The summed E-state index contributed by atoms with van der Waals surface area (Å²) in [5.74, 6) is -3.93. The molecule has 15 heteroatoms. The number of amides is 1. The second-order valence-corrected chi connectivity index (χ2v) is 10.9. The van der Waals surface area contributed by atoms with Gasteiger partial charge in [-0.05, 0) is 49.2 Å². The van der Waals surface area contributed by atoms with E-state index in [1.807, 2.05) is 11.0 Å². The lowest BCUT2D eigenvalue weighted by Gasteiger charge is -2.36. The molecule has 2 aromatic carbocycles. The fourth-order valence-electron chi connectivity index (χ4n) is 3.69. The Morgan fingerprint density at radius 1 is 0.975 bits per heavy atom. The van der Waals surface area contributed by atoms with Crippen LogP contribution in [0.2, 0.25) is 0 Å². The van der Waals surface area contributed by atoms with Crippen LogP contribution in [-0.4, -0.2) is 99.3 Å². The topological polar surface area (TPSA) is 148 Å². The van der Waals surface area contributed by atoms with Crippen LogP contribution in [0.25, 0.3) is 0 Å². The van der Waals surface area contributed by atoms with E-state index in [1.54, 1.807) is 51.0 Å². The molecule has 3 rings (SSSR count). The van der Waals surface area contributed by atoms with Gasteiger partial charge < -0.3 is 20.0 Å². The predicted octanol–water partition coefficient (Wildman–Crippen LogP) is 2.65. The maximum atomic E-state index is 13.0. The molecule has 1 heterocycles. The zero-order valence-corrected chi connectivity index (χ0v) is 23.1. The van der Waals surface area contributed by atoms with Crippen molar-refractivity contribution in [1.82, 2.24) is 9.80 Å². The Bertz CT molecular complexity index is 1360. The van der Waals surface area contributed by atoms with Crippen LogP contribution in [0.5, 0.6) is 0 Å². The molecule has 0 bridgehead atoms. The van der Waals surface area contributed by atoms with Crippen molar-refractivity contribution in [1.29, 1.82) is 0 Å². The number of alkyl halides is 3. The lowest BCUT2D eigenvalue weighted by atomic mass is 10.1. The normalized spacial score (nSPS) is 14.1. The zero-order chi connectivity index (χ0) is 30.4. The smallest absolute Gasteiger partial charge is 0.478 e. The van der Waals surface area contributed by atoms with Crippen LogP contribution < -0.4 is 9.62 Å². The highest BCUT2D eigenvalue weighted by atomic mass is 32.2. The summed E-state index contributed by atoms with van der Waals surface area (Å²) in [4.78, 5) is 38.5. The molecular formula is C25H31F3N4O7S. The van der Waals surface area contributed by atoms with Gasteiger partial charge in [-0.15, -0.1) is 0 Å². The van der Waals surface area contributed by atoms with Crippen molar-refractivity contribution in [2.75, 3.05) is 56.4 Å². The van der Waals surface area contributed by atoms with Crippen molar-refractivity contribution in [3.05, 3.63) is 53.1 Å². The lowest BCUT2D eigenvalue weighted by Crippen LogP contribution is -2.49. The van der Waals surface area contributed by atoms with Gasteiger partial charge >= 0.3 is 18.1 Å². The van der Waals surface area contributed by atoms with E-state index < -0.39 is 28.1 Å². The largest absolute Gasteiger partial charge is 0.490 e. The quantitative estimate of drug-likeness (QED) is 0.444. The van der Waals surface area contributed by atoms with Crippen LogP contribution in [0.4, 0.5) is 24.5 Å². The maximum absolute atomic E-state index is 13.0. The second kappa shape index (κ2) is 13.0. The van der Waals surface area contributed by atoms with Gasteiger partial charge in [-0.2, -0.15) is 13.2 Å². The molecule has 2 aromatic rings. The Kier molecular flexibility index (Phi) is 10.5. The van der Waals surface area contributed by atoms with Crippen LogP contribution >= 0.6 is 0 Å². The van der Waals surface area contributed by atoms with Crippen LogP contribution in [0.3, 0.4) is 0 Å². The molecule has 1 aliphatic rings. The lowest BCUT2D eigenvalue weighted by molar-refractivity contribution is -0.192. The van der Waals surface area contributed by atoms with E-state index in [9.17, 15) is 36.3 Å². The minimum absolute atomic E-state index is 0.0161. The first-order valence-corrected chi connectivity index (χ1v) is 13.4. The van der Waals surface area contributed by atoms with E-state index >= 15 is 0 Å². The molecule has 0 radical (unpaired) electrons. The number of nitrogens with zero attached hydrogens (tertiary/aromatic N) is 3. The second-order valence-electron chi connectivity index (χ2n) is 9.26. The summed E-state index contributed by atoms with van der Waals surface area (Å²) >= 11 is 0. The molecule has 40 heavy (non-hydrogen) atoms. The van der Waals surface area contributed by atoms with Crippen molar-refractivity contribution >= 4 is 39.2 Å². The number of nitrogens with one attached hydrogen (secondary N) is 1.